The highest BCUT2D eigenvalue weighted by molar-refractivity contribution is 5.12. The van der Waals surface area contributed by atoms with E-state index in [1.807, 2.05) is 0 Å². The van der Waals surface area contributed by atoms with Gasteiger partial charge in [-0.2, -0.15) is 0 Å². The van der Waals surface area contributed by atoms with Crippen LogP contribution in [0.5, 0.6) is 0 Å². The van der Waals surface area contributed by atoms with Crippen molar-refractivity contribution in [3.05, 3.63) is 0 Å². The van der Waals surface area contributed by atoms with Crippen LogP contribution in [0.15, 0.2) is 0 Å². The molecule has 0 radical (unpaired) electrons. The summed E-state index contributed by atoms with van der Waals surface area (Å²) in [6, 6.07) is 0. The molecule has 8 atom stereocenters. The molecule has 2 saturated heterocycles. The number of aliphatic hydroxyl groups excluding tert-OH is 2. The largest absolute Gasteiger partial charge is 0.393 e. The number of hydrogen-bond donors (Lipinski definition) is 2. The minimum atomic E-state index is -0.395. The molecule has 3 fully saturated rings. The van der Waals surface area contributed by atoms with Crippen LogP contribution in [0.2, 0.25) is 0 Å². The van der Waals surface area contributed by atoms with Crippen molar-refractivity contribution in [1.82, 2.24) is 0 Å². The van der Waals surface area contributed by atoms with Gasteiger partial charge in [-0.1, -0.05) is 0 Å². The highest BCUT2D eigenvalue weighted by Gasteiger charge is 2.64. The van der Waals surface area contributed by atoms with E-state index in [4.69, 9.17) is 14.2 Å². The summed E-state index contributed by atoms with van der Waals surface area (Å²) < 4.78 is 16.8. The topological polar surface area (TPSA) is 68.2 Å². The molecule has 5 nitrogen and oxygen atoms in total. The molecule has 1 saturated carbocycles. The predicted molar refractivity (Wildman–Crippen MR) is 58.5 cm³/mol. The molecule has 2 heterocycles. The molecule has 0 aromatic carbocycles. The standard InChI is InChI=1S/C12H20O5/c1-15-11-9-7-5(13)3-4-6(14)8(7)10(17-9)12(11)16-2/h5-14H,3-4H2,1-2H3/t5-,6+,7-,8+,9+,10-,11-,12+. The van der Waals surface area contributed by atoms with Gasteiger partial charge < -0.3 is 24.4 Å². The maximum Gasteiger partial charge on any atom is 0.112 e. The lowest BCUT2D eigenvalue weighted by molar-refractivity contribution is -0.122. The Morgan fingerprint density at radius 3 is 1.65 bits per heavy atom. The highest BCUT2D eigenvalue weighted by Crippen LogP contribution is 2.51. The molecule has 0 unspecified atom stereocenters. The number of fused-ring (bicyclic) bond motifs is 5. The zero-order valence-corrected chi connectivity index (χ0v) is 10.2. The molecule has 0 aromatic rings. The highest BCUT2D eigenvalue weighted by atomic mass is 16.6. The fraction of sp³-hybridized carbons (Fsp3) is 1.00. The Balaban J connectivity index is 1.89. The van der Waals surface area contributed by atoms with Gasteiger partial charge in [0.1, 0.15) is 12.2 Å². The van der Waals surface area contributed by atoms with Gasteiger partial charge in [0.15, 0.2) is 0 Å². The molecule has 2 aliphatic heterocycles. The predicted octanol–water partition coefficient (Wildman–Crippen LogP) is -0.455. The molecule has 3 rings (SSSR count). The lowest BCUT2D eigenvalue weighted by Gasteiger charge is -2.43. The summed E-state index contributed by atoms with van der Waals surface area (Å²) in [4.78, 5) is 0. The van der Waals surface area contributed by atoms with Gasteiger partial charge in [-0.3, -0.25) is 0 Å². The van der Waals surface area contributed by atoms with Crippen molar-refractivity contribution in [3.8, 4) is 0 Å². The van der Waals surface area contributed by atoms with Crippen LogP contribution < -0.4 is 0 Å². The van der Waals surface area contributed by atoms with Crippen molar-refractivity contribution < 1.29 is 24.4 Å². The van der Waals surface area contributed by atoms with Gasteiger partial charge in [0, 0.05) is 26.1 Å². The Hall–Kier alpha value is -0.200. The monoisotopic (exact) mass is 244 g/mol. The molecule has 1 aliphatic carbocycles. The zero-order chi connectivity index (χ0) is 12.2. The Bertz CT molecular complexity index is 269. The average molecular weight is 244 g/mol. The van der Waals surface area contributed by atoms with E-state index in [2.05, 4.69) is 0 Å². The van der Waals surface area contributed by atoms with Crippen molar-refractivity contribution >= 4 is 0 Å². The van der Waals surface area contributed by atoms with E-state index in [1.165, 1.54) is 0 Å². The van der Waals surface area contributed by atoms with Crippen LogP contribution in [0.1, 0.15) is 12.8 Å². The summed E-state index contributed by atoms with van der Waals surface area (Å²) in [5.41, 5.74) is 0. The van der Waals surface area contributed by atoms with E-state index < -0.39 is 12.2 Å². The Morgan fingerprint density at radius 2 is 1.29 bits per heavy atom. The second-order valence-electron chi connectivity index (χ2n) is 5.33. The van der Waals surface area contributed by atoms with Crippen molar-refractivity contribution in [1.29, 1.82) is 0 Å². The molecule has 3 aliphatic rings. The van der Waals surface area contributed by atoms with Gasteiger partial charge in [-0.25, -0.2) is 0 Å². The smallest absolute Gasteiger partial charge is 0.112 e. The van der Waals surface area contributed by atoms with Gasteiger partial charge in [0.05, 0.1) is 24.4 Å². The van der Waals surface area contributed by atoms with Crippen LogP contribution in [0.3, 0.4) is 0 Å². The molecule has 0 aromatic heterocycles. The van der Waals surface area contributed by atoms with Crippen LogP contribution >= 0.6 is 0 Å². The molecular formula is C12H20O5. The minimum absolute atomic E-state index is 0.0138. The van der Waals surface area contributed by atoms with E-state index in [9.17, 15) is 10.2 Å². The summed E-state index contributed by atoms with van der Waals surface area (Å²) in [6.45, 7) is 0. The molecule has 98 valence electrons. The van der Waals surface area contributed by atoms with Crippen LogP contribution in [0.4, 0.5) is 0 Å². The normalized spacial score (nSPS) is 57.2. The minimum Gasteiger partial charge on any atom is -0.393 e. The van der Waals surface area contributed by atoms with Crippen molar-refractivity contribution in [2.75, 3.05) is 14.2 Å². The number of aliphatic hydroxyl groups is 2. The van der Waals surface area contributed by atoms with Gasteiger partial charge >= 0.3 is 0 Å². The summed E-state index contributed by atoms with van der Waals surface area (Å²) in [7, 11) is 3.28. The second-order valence-corrected chi connectivity index (χ2v) is 5.33. The third-order valence-corrected chi connectivity index (χ3v) is 4.68. The summed E-state index contributed by atoms with van der Waals surface area (Å²) >= 11 is 0. The third kappa shape index (κ3) is 1.50. The first-order chi connectivity index (χ1) is 8.19. The molecule has 2 bridgehead atoms. The Kier molecular flexibility index (Phi) is 2.91. The van der Waals surface area contributed by atoms with Crippen LogP contribution in [-0.4, -0.2) is 61.1 Å². The Labute approximate surface area is 101 Å². The quantitative estimate of drug-likeness (QED) is 0.688. The van der Waals surface area contributed by atoms with Crippen molar-refractivity contribution in [3.63, 3.8) is 0 Å². The van der Waals surface area contributed by atoms with E-state index in [0.29, 0.717) is 12.8 Å². The van der Waals surface area contributed by atoms with Gasteiger partial charge in [-0.15, -0.1) is 0 Å². The Morgan fingerprint density at radius 1 is 0.882 bits per heavy atom. The molecule has 5 heteroatoms. The van der Waals surface area contributed by atoms with E-state index in [1.54, 1.807) is 14.2 Å². The molecule has 17 heavy (non-hydrogen) atoms. The molecule has 0 spiro atoms. The second kappa shape index (κ2) is 4.17. The zero-order valence-electron chi connectivity index (χ0n) is 10.2. The molecular weight excluding hydrogens is 224 g/mol. The summed E-state index contributed by atoms with van der Waals surface area (Å²) in [6.07, 6.45) is -0.0682. The first-order valence-corrected chi connectivity index (χ1v) is 6.26. The van der Waals surface area contributed by atoms with Gasteiger partial charge in [0.2, 0.25) is 0 Å². The maximum atomic E-state index is 10.1. The molecule has 2 N–H and O–H groups in total. The van der Waals surface area contributed by atoms with Crippen LogP contribution in [-0.2, 0) is 14.2 Å². The van der Waals surface area contributed by atoms with Crippen molar-refractivity contribution in [2.24, 2.45) is 11.8 Å². The third-order valence-electron chi connectivity index (χ3n) is 4.68. The van der Waals surface area contributed by atoms with E-state index in [0.717, 1.165) is 0 Å². The fourth-order valence-corrected chi connectivity index (χ4v) is 3.98. The molecule has 0 amide bonds. The summed E-state index contributed by atoms with van der Waals surface area (Å²) in [5, 5.41) is 20.2. The number of ether oxygens (including phenoxy) is 3. The van der Waals surface area contributed by atoms with E-state index in [-0.39, 0.29) is 36.3 Å². The van der Waals surface area contributed by atoms with Crippen LogP contribution in [0.25, 0.3) is 0 Å². The van der Waals surface area contributed by atoms with Crippen molar-refractivity contribution in [2.45, 2.75) is 49.5 Å². The first kappa shape index (κ1) is 11.9. The van der Waals surface area contributed by atoms with Crippen LogP contribution in [0, 0.1) is 11.8 Å². The average Bonchev–Trinajstić information content (AvgIpc) is 2.88. The SMILES string of the molecule is CO[C@@H]1[C@H](OC)[C@H]2O[C@@H]1[C@@H]1[C@H]2[C@H](O)CC[C@@H]1O. The fourth-order valence-electron chi connectivity index (χ4n) is 3.98. The van der Waals surface area contributed by atoms with E-state index >= 15 is 0 Å². The first-order valence-electron chi connectivity index (χ1n) is 6.26. The summed E-state index contributed by atoms with van der Waals surface area (Å²) in [5.74, 6) is -0.0276. The lowest BCUT2D eigenvalue weighted by atomic mass is 9.66. The van der Waals surface area contributed by atoms with Gasteiger partial charge in [0.25, 0.3) is 0 Å². The number of rotatable bonds is 2. The number of hydrogen-bond acceptors (Lipinski definition) is 5. The van der Waals surface area contributed by atoms with Gasteiger partial charge in [-0.05, 0) is 12.8 Å². The lowest BCUT2D eigenvalue weighted by Crippen LogP contribution is -2.56. The number of methoxy groups -OCH3 is 2. The maximum absolute atomic E-state index is 10.1.